The van der Waals surface area contributed by atoms with Crippen LogP contribution in [-0.2, 0) is 14.3 Å². The summed E-state index contributed by atoms with van der Waals surface area (Å²) in [4.78, 5) is 26.8. The lowest BCUT2D eigenvalue weighted by Crippen LogP contribution is -2.38. The van der Waals surface area contributed by atoms with Crippen LogP contribution in [0.15, 0.2) is 30.4 Å². The Balaban J connectivity index is 1.82. The Labute approximate surface area is 127 Å². The monoisotopic (exact) mass is 303 g/mol. The lowest BCUT2D eigenvalue weighted by atomic mass is 9.78. The van der Waals surface area contributed by atoms with E-state index in [1.807, 2.05) is 32.1 Å². The molecule has 3 heterocycles. The van der Waals surface area contributed by atoms with E-state index in [-0.39, 0.29) is 17.9 Å². The van der Waals surface area contributed by atoms with Crippen molar-refractivity contribution >= 4 is 29.1 Å². The molecule has 1 aromatic carbocycles. The van der Waals surface area contributed by atoms with Crippen LogP contribution >= 0.6 is 11.6 Å². The molecule has 0 radical (unpaired) electrons. The second kappa shape index (κ2) is 3.96. The Morgan fingerprint density at radius 1 is 1.29 bits per heavy atom. The summed E-state index contributed by atoms with van der Waals surface area (Å²) in [6.45, 7) is 3.74. The van der Waals surface area contributed by atoms with Crippen LogP contribution < -0.4 is 4.90 Å². The first-order valence-electron chi connectivity index (χ1n) is 6.93. The predicted octanol–water partition coefficient (Wildman–Crippen LogP) is 2.48. The van der Waals surface area contributed by atoms with E-state index in [2.05, 4.69) is 0 Å². The average molecular weight is 304 g/mol. The Bertz CT molecular complexity index is 713. The van der Waals surface area contributed by atoms with Crippen molar-refractivity contribution < 1.29 is 14.3 Å². The molecule has 108 valence electrons. The van der Waals surface area contributed by atoms with E-state index in [1.165, 1.54) is 4.90 Å². The summed E-state index contributed by atoms with van der Waals surface area (Å²) in [7, 11) is 0. The number of anilines is 1. The van der Waals surface area contributed by atoms with Crippen LogP contribution in [0.2, 0.25) is 5.02 Å². The van der Waals surface area contributed by atoms with Crippen molar-refractivity contribution in [3.63, 3.8) is 0 Å². The number of amides is 2. The normalized spacial score (nSPS) is 36.7. The van der Waals surface area contributed by atoms with Crippen molar-refractivity contribution in [1.82, 2.24) is 0 Å². The molecule has 2 bridgehead atoms. The highest BCUT2D eigenvalue weighted by Gasteiger charge is 2.66. The van der Waals surface area contributed by atoms with Crippen LogP contribution in [0.5, 0.6) is 0 Å². The van der Waals surface area contributed by atoms with Gasteiger partial charge in [-0.25, -0.2) is 4.90 Å². The molecular formula is C16H14ClNO3. The number of fused-ring (bicyclic) bond motifs is 5. The number of carbonyl (C=O) groups is 2. The van der Waals surface area contributed by atoms with Gasteiger partial charge in [0.1, 0.15) is 0 Å². The minimum Gasteiger partial charge on any atom is -0.362 e. The lowest BCUT2D eigenvalue weighted by molar-refractivity contribution is -0.126. The summed E-state index contributed by atoms with van der Waals surface area (Å²) in [5, 5.41) is 0.511. The number of ether oxygens (including phenoxy) is 1. The van der Waals surface area contributed by atoms with Crippen molar-refractivity contribution in [2.75, 3.05) is 4.90 Å². The highest BCUT2D eigenvalue weighted by molar-refractivity contribution is 6.31. The van der Waals surface area contributed by atoms with Gasteiger partial charge < -0.3 is 4.74 Å². The number of carbonyl (C=O) groups excluding carboxylic acids is 2. The summed E-state index contributed by atoms with van der Waals surface area (Å²) >= 11 is 6.02. The van der Waals surface area contributed by atoms with Gasteiger partial charge in [-0.2, -0.15) is 0 Å². The van der Waals surface area contributed by atoms with Crippen LogP contribution in [0.3, 0.4) is 0 Å². The summed E-state index contributed by atoms with van der Waals surface area (Å²) < 4.78 is 5.80. The molecule has 0 aliphatic carbocycles. The number of rotatable bonds is 1. The fourth-order valence-corrected chi connectivity index (χ4v) is 3.88. The van der Waals surface area contributed by atoms with Crippen molar-refractivity contribution in [2.24, 2.45) is 11.8 Å². The maximum atomic E-state index is 12.8. The van der Waals surface area contributed by atoms with Crippen LogP contribution in [0.1, 0.15) is 12.5 Å². The summed E-state index contributed by atoms with van der Waals surface area (Å²) in [6.07, 6.45) is 3.50. The Kier molecular flexibility index (Phi) is 2.46. The zero-order chi connectivity index (χ0) is 14.9. The van der Waals surface area contributed by atoms with Gasteiger partial charge in [-0.3, -0.25) is 9.59 Å². The number of hydrogen-bond donors (Lipinski definition) is 0. The fraction of sp³-hybridized carbons (Fsp3) is 0.375. The molecular weight excluding hydrogens is 290 g/mol. The smallest absolute Gasteiger partial charge is 0.241 e. The van der Waals surface area contributed by atoms with Crippen LogP contribution in [0.25, 0.3) is 0 Å². The molecule has 3 aliphatic heterocycles. The van der Waals surface area contributed by atoms with Gasteiger partial charge in [-0.05, 0) is 31.5 Å². The zero-order valence-corrected chi connectivity index (χ0v) is 12.4. The van der Waals surface area contributed by atoms with Gasteiger partial charge in [-0.1, -0.05) is 29.8 Å². The molecule has 0 aromatic heterocycles. The summed E-state index contributed by atoms with van der Waals surface area (Å²) in [5.74, 6) is -1.22. The fourth-order valence-electron chi connectivity index (χ4n) is 3.71. The number of benzene rings is 1. The van der Waals surface area contributed by atoms with E-state index in [9.17, 15) is 9.59 Å². The molecule has 4 atom stereocenters. The van der Waals surface area contributed by atoms with E-state index in [0.29, 0.717) is 10.7 Å². The quantitative estimate of drug-likeness (QED) is 0.591. The first kappa shape index (κ1) is 13.0. The third-order valence-electron chi connectivity index (χ3n) is 4.74. The number of nitrogens with zero attached hydrogens (tertiary/aromatic N) is 1. The molecule has 1 aromatic rings. The first-order valence-corrected chi connectivity index (χ1v) is 7.31. The molecule has 2 amide bonds. The third-order valence-corrected chi connectivity index (χ3v) is 4.98. The standard InChI is InChI=1S/C16H14ClNO3/c1-8-3-4-9(17)7-10(8)18-14(19)12-11-5-6-16(2,21-11)13(12)15(18)20/h3-7,11-13H,1-2H3/t11-,12-,13+,16+/m1/s1. The molecule has 5 heteroatoms. The second-order valence-electron chi connectivity index (χ2n) is 6.07. The average Bonchev–Trinajstić information content (AvgIpc) is 3.03. The molecule has 3 aliphatic rings. The van der Waals surface area contributed by atoms with E-state index in [4.69, 9.17) is 16.3 Å². The molecule has 0 N–H and O–H groups in total. The van der Waals surface area contributed by atoms with Gasteiger partial charge in [0.25, 0.3) is 0 Å². The predicted molar refractivity (Wildman–Crippen MR) is 78.1 cm³/mol. The Morgan fingerprint density at radius 2 is 2.05 bits per heavy atom. The van der Waals surface area contributed by atoms with Crippen molar-refractivity contribution in [1.29, 1.82) is 0 Å². The molecule has 0 spiro atoms. The van der Waals surface area contributed by atoms with Crippen molar-refractivity contribution in [3.05, 3.63) is 40.9 Å². The van der Waals surface area contributed by atoms with Crippen LogP contribution in [-0.4, -0.2) is 23.5 Å². The minimum atomic E-state index is -0.663. The number of halogens is 1. The summed E-state index contributed by atoms with van der Waals surface area (Å²) in [5.41, 5.74) is 0.769. The number of imide groups is 1. The SMILES string of the molecule is Cc1ccc(Cl)cc1N1C(=O)[C@H]2[C@@H](C1=O)[C@]1(C)C=C[C@H]2O1. The zero-order valence-electron chi connectivity index (χ0n) is 11.7. The number of hydrogen-bond acceptors (Lipinski definition) is 3. The summed E-state index contributed by atoms with van der Waals surface area (Å²) in [6, 6.07) is 5.24. The molecule has 0 unspecified atom stereocenters. The lowest BCUT2D eigenvalue weighted by Gasteiger charge is -2.24. The van der Waals surface area contributed by atoms with Gasteiger partial charge in [0.15, 0.2) is 0 Å². The van der Waals surface area contributed by atoms with Gasteiger partial charge >= 0.3 is 0 Å². The molecule has 4 rings (SSSR count). The maximum Gasteiger partial charge on any atom is 0.241 e. The van der Waals surface area contributed by atoms with Gasteiger partial charge in [-0.15, -0.1) is 0 Å². The molecule has 2 fully saturated rings. The first-order chi connectivity index (χ1) is 9.92. The molecule has 21 heavy (non-hydrogen) atoms. The van der Waals surface area contributed by atoms with Crippen LogP contribution in [0.4, 0.5) is 5.69 Å². The second-order valence-corrected chi connectivity index (χ2v) is 6.51. The minimum absolute atomic E-state index is 0.187. The van der Waals surface area contributed by atoms with Gasteiger partial charge in [0, 0.05) is 5.02 Å². The molecule has 2 saturated heterocycles. The number of aryl methyl sites for hydroxylation is 1. The Hall–Kier alpha value is -1.65. The van der Waals surface area contributed by atoms with E-state index in [1.54, 1.807) is 12.1 Å². The van der Waals surface area contributed by atoms with Gasteiger partial charge in [0.2, 0.25) is 11.8 Å². The van der Waals surface area contributed by atoms with E-state index in [0.717, 1.165) is 5.56 Å². The third kappa shape index (κ3) is 1.54. The van der Waals surface area contributed by atoms with E-state index >= 15 is 0 Å². The van der Waals surface area contributed by atoms with Crippen molar-refractivity contribution in [3.8, 4) is 0 Å². The van der Waals surface area contributed by atoms with Crippen LogP contribution in [0, 0.1) is 18.8 Å². The van der Waals surface area contributed by atoms with E-state index < -0.39 is 17.4 Å². The van der Waals surface area contributed by atoms with Crippen molar-refractivity contribution in [2.45, 2.75) is 25.6 Å². The highest BCUT2D eigenvalue weighted by atomic mass is 35.5. The topological polar surface area (TPSA) is 46.6 Å². The largest absolute Gasteiger partial charge is 0.362 e. The van der Waals surface area contributed by atoms with Gasteiger partial charge in [0.05, 0.1) is 29.2 Å². The highest BCUT2D eigenvalue weighted by Crippen LogP contribution is 2.52. The maximum absolute atomic E-state index is 12.8. The molecule has 0 saturated carbocycles. The molecule has 4 nitrogen and oxygen atoms in total. The Morgan fingerprint density at radius 3 is 2.76 bits per heavy atom.